The molecule has 0 aliphatic carbocycles. The summed E-state index contributed by atoms with van der Waals surface area (Å²) in [5, 5.41) is 13.1. The van der Waals surface area contributed by atoms with Crippen LogP contribution in [0.2, 0.25) is 5.02 Å². The summed E-state index contributed by atoms with van der Waals surface area (Å²) in [6, 6.07) is 7.97. The fourth-order valence-electron chi connectivity index (χ4n) is 3.29. The molecule has 3 rings (SSSR count). The molecule has 1 aromatic carbocycles. The molecule has 2 amide bonds. The van der Waals surface area contributed by atoms with Crippen LogP contribution < -0.4 is 5.32 Å². The standard InChI is InChI=1S/C17H24ClN3O2/c18-14-6-4-13(5-7-14)16(20-8-2-1-3-9-20)10-19-17(23)21-11-15(22)12-21/h4-7,15-16,22H,1-3,8-12H2,(H,19,23)/t16-/m1/s1. The Balaban J connectivity index is 1.64. The van der Waals surface area contributed by atoms with Gasteiger partial charge in [-0.15, -0.1) is 0 Å². The van der Waals surface area contributed by atoms with Gasteiger partial charge in [-0.2, -0.15) is 0 Å². The highest BCUT2D eigenvalue weighted by Gasteiger charge is 2.30. The number of aliphatic hydroxyl groups excluding tert-OH is 1. The second-order valence-corrected chi connectivity index (χ2v) is 6.85. The van der Waals surface area contributed by atoms with E-state index in [2.05, 4.69) is 10.2 Å². The maximum absolute atomic E-state index is 12.1. The Morgan fingerprint density at radius 2 is 1.87 bits per heavy atom. The summed E-state index contributed by atoms with van der Waals surface area (Å²) in [5.74, 6) is 0. The van der Waals surface area contributed by atoms with Crippen molar-refractivity contribution in [3.8, 4) is 0 Å². The number of aliphatic hydroxyl groups is 1. The number of hydrogen-bond donors (Lipinski definition) is 2. The van der Waals surface area contributed by atoms with Crippen molar-refractivity contribution in [3.05, 3.63) is 34.9 Å². The van der Waals surface area contributed by atoms with E-state index < -0.39 is 0 Å². The number of urea groups is 1. The maximum Gasteiger partial charge on any atom is 0.317 e. The first-order valence-corrected chi connectivity index (χ1v) is 8.71. The van der Waals surface area contributed by atoms with Crippen molar-refractivity contribution in [2.45, 2.75) is 31.4 Å². The zero-order valence-electron chi connectivity index (χ0n) is 13.2. The summed E-state index contributed by atoms with van der Waals surface area (Å²) in [6.07, 6.45) is 3.32. The highest BCUT2D eigenvalue weighted by molar-refractivity contribution is 6.30. The van der Waals surface area contributed by atoms with E-state index in [4.69, 9.17) is 11.6 Å². The summed E-state index contributed by atoms with van der Waals surface area (Å²) in [6.45, 7) is 3.56. The van der Waals surface area contributed by atoms with E-state index in [0.29, 0.717) is 19.6 Å². The van der Waals surface area contributed by atoms with E-state index in [0.717, 1.165) is 18.1 Å². The van der Waals surface area contributed by atoms with Crippen LogP contribution in [0.3, 0.4) is 0 Å². The molecule has 2 aliphatic rings. The molecular weight excluding hydrogens is 314 g/mol. The van der Waals surface area contributed by atoms with Gasteiger partial charge in [-0.1, -0.05) is 30.2 Å². The molecular formula is C17H24ClN3O2. The van der Waals surface area contributed by atoms with Crippen LogP contribution in [-0.4, -0.2) is 59.8 Å². The quantitative estimate of drug-likeness (QED) is 0.886. The molecule has 23 heavy (non-hydrogen) atoms. The molecule has 1 atom stereocenters. The SMILES string of the molecule is O=C(NC[C@H](c1ccc(Cl)cc1)N1CCCCC1)N1CC(O)C1. The Labute approximate surface area is 142 Å². The molecule has 126 valence electrons. The molecule has 6 heteroatoms. The first-order chi connectivity index (χ1) is 11.1. The lowest BCUT2D eigenvalue weighted by Crippen LogP contribution is -2.57. The third kappa shape index (κ3) is 4.16. The predicted molar refractivity (Wildman–Crippen MR) is 90.6 cm³/mol. The molecule has 2 heterocycles. The average Bonchev–Trinajstić information content (AvgIpc) is 2.54. The number of hydrogen-bond acceptors (Lipinski definition) is 3. The van der Waals surface area contributed by atoms with Gasteiger partial charge in [-0.25, -0.2) is 4.79 Å². The van der Waals surface area contributed by atoms with Crippen molar-refractivity contribution in [2.75, 3.05) is 32.7 Å². The van der Waals surface area contributed by atoms with E-state index in [1.165, 1.54) is 24.8 Å². The molecule has 5 nitrogen and oxygen atoms in total. The van der Waals surface area contributed by atoms with Gasteiger partial charge >= 0.3 is 6.03 Å². The Morgan fingerprint density at radius 1 is 1.22 bits per heavy atom. The molecule has 0 saturated carbocycles. The van der Waals surface area contributed by atoms with Crippen molar-refractivity contribution in [1.29, 1.82) is 0 Å². The van der Waals surface area contributed by atoms with Gasteiger partial charge in [0, 0.05) is 11.6 Å². The van der Waals surface area contributed by atoms with Gasteiger partial charge in [-0.05, 0) is 43.6 Å². The summed E-state index contributed by atoms with van der Waals surface area (Å²) in [4.78, 5) is 16.2. The Bertz CT molecular complexity index is 525. The number of rotatable bonds is 4. The summed E-state index contributed by atoms with van der Waals surface area (Å²) in [5.41, 5.74) is 1.18. The molecule has 0 bridgehead atoms. The summed E-state index contributed by atoms with van der Waals surface area (Å²) >= 11 is 6.00. The maximum atomic E-state index is 12.1. The summed E-state index contributed by atoms with van der Waals surface area (Å²) < 4.78 is 0. The van der Waals surface area contributed by atoms with Gasteiger partial charge in [0.1, 0.15) is 0 Å². The largest absolute Gasteiger partial charge is 0.389 e. The van der Waals surface area contributed by atoms with E-state index in [-0.39, 0.29) is 18.2 Å². The third-order valence-electron chi connectivity index (χ3n) is 4.68. The number of halogens is 1. The highest BCUT2D eigenvalue weighted by atomic mass is 35.5. The zero-order valence-corrected chi connectivity index (χ0v) is 14.0. The van der Waals surface area contributed by atoms with E-state index in [1.807, 2.05) is 24.3 Å². The molecule has 0 radical (unpaired) electrons. The van der Waals surface area contributed by atoms with Crippen LogP contribution in [-0.2, 0) is 0 Å². The van der Waals surface area contributed by atoms with Crippen LogP contribution in [0, 0.1) is 0 Å². The number of nitrogens with zero attached hydrogens (tertiary/aromatic N) is 2. The second-order valence-electron chi connectivity index (χ2n) is 6.41. The highest BCUT2D eigenvalue weighted by Crippen LogP contribution is 2.25. The van der Waals surface area contributed by atoms with Crippen molar-refractivity contribution >= 4 is 17.6 Å². The van der Waals surface area contributed by atoms with Crippen LogP contribution in [0.4, 0.5) is 4.79 Å². The van der Waals surface area contributed by atoms with E-state index in [1.54, 1.807) is 4.90 Å². The number of β-amino-alcohol motifs (C(OH)–C–C–N with tert-alkyl or cyclic N) is 1. The first-order valence-electron chi connectivity index (χ1n) is 8.34. The van der Waals surface area contributed by atoms with Crippen LogP contribution in [0.25, 0.3) is 0 Å². The monoisotopic (exact) mass is 337 g/mol. The number of carbonyl (C=O) groups excluding carboxylic acids is 1. The Hall–Kier alpha value is -1.30. The van der Waals surface area contributed by atoms with Crippen molar-refractivity contribution in [3.63, 3.8) is 0 Å². The number of piperidine rings is 1. The fraction of sp³-hybridized carbons (Fsp3) is 0.588. The third-order valence-corrected chi connectivity index (χ3v) is 4.93. The molecule has 0 aromatic heterocycles. The summed E-state index contributed by atoms with van der Waals surface area (Å²) in [7, 11) is 0. The normalized spacial score (nSPS) is 20.9. The fourth-order valence-corrected chi connectivity index (χ4v) is 3.42. The smallest absolute Gasteiger partial charge is 0.317 e. The number of carbonyl (C=O) groups is 1. The van der Waals surface area contributed by atoms with Crippen molar-refractivity contribution in [1.82, 2.24) is 15.1 Å². The minimum absolute atomic E-state index is 0.0914. The molecule has 2 fully saturated rings. The number of benzene rings is 1. The van der Waals surface area contributed by atoms with Gasteiger partial charge in [-0.3, -0.25) is 4.90 Å². The van der Waals surface area contributed by atoms with Gasteiger partial charge < -0.3 is 15.3 Å². The molecule has 2 aliphatic heterocycles. The lowest BCUT2D eigenvalue weighted by atomic mass is 10.0. The van der Waals surface area contributed by atoms with Gasteiger partial charge in [0.2, 0.25) is 0 Å². The van der Waals surface area contributed by atoms with E-state index >= 15 is 0 Å². The van der Waals surface area contributed by atoms with Crippen molar-refractivity contribution in [2.24, 2.45) is 0 Å². The number of amides is 2. The van der Waals surface area contributed by atoms with Crippen LogP contribution >= 0.6 is 11.6 Å². The predicted octanol–water partition coefficient (Wildman–Crippen LogP) is 2.25. The minimum Gasteiger partial charge on any atom is -0.389 e. The Morgan fingerprint density at radius 3 is 2.48 bits per heavy atom. The van der Waals surface area contributed by atoms with Gasteiger partial charge in [0.05, 0.1) is 25.2 Å². The zero-order chi connectivity index (χ0) is 16.2. The van der Waals surface area contributed by atoms with Gasteiger partial charge in [0.15, 0.2) is 0 Å². The van der Waals surface area contributed by atoms with Crippen molar-refractivity contribution < 1.29 is 9.90 Å². The lowest BCUT2D eigenvalue weighted by Gasteiger charge is -2.38. The molecule has 2 saturated heterocycles. The topological polar surface area (TPSA) is 55.8 Å². The van der Waals surface area contributed by atoms with Crippen LogP contribution in [0.5, 0.6) is 0 Å². The molecule has 0 unspecified atom stereocenters. The average molecular weight is 338 g/mol. The number of likely N-dealkylation sites (tertiary alicyclic amines) is 2. The molecule has 2 N–H and O–H groups in total. The number of nitrogens with one attached hydrogen (secondary N) is 1. The first kappa shape index (κ1) is 16.6. The van der Waals surface area contributed by atoms with Gasteiger partial charge in [0.25, 0.3) is 0 Å². The van der Waals surface area contributed by atoms with Crippen LogP contribution in [0.15, 0.2) is 24.3 Å². The molecule has 0 spiro atoms. The Kier molecular flexibility index (Phi) is 5.41. The van der Waals surface area contributed by atoms with Crippen LogP contribution in [0.1, 0.15) is 30.9 Å². The van der Waals surface area contributed by atoms with E-state index in [9.17, 15) is 9.90 Å². The minimum atomic E-state index is -0.366. The second kappa shape index (κ2) is 7.51. The lowest BCUT2D eigenvalue weighted by molar-refractivity contribution is 0.0259. The molecule has 1 aromatic rings.